The fourth-order valence-corrected chi connectivity index (χ4v) is 6.52. The van der Waals surface area contributed by atoms with Gasteiger partial charge in [0.15, 0.2) is 6.54 Å². The average molecular weight is 617 g/mol. The number of aliphatic carboxylic acids is 1. The molecular weight excluding hydrogens is 587 g/mol. The molecule has 0 radical (unpaired) electrons. The van der Waals surface area contributed by atoms with E-state index in [1.807, 2.05) is 72.0 Å². The third-order valence-electron chi connectivity index (χ3n) is 5.58. The van der Waals surface area contributed by atoms with E-state index in [1.54, 1.807) is 11.3 Å². The van der Waals surface area contributed by atoms with Crippen LogP contribution in [0.25, 0.3) is 16.3 Å². The molecule has 0 bridgehead atoms. The van der Waals surface area contributed by atoms with Gasteiger partial charge in [0.1, 0.15) is 11.1 Å². The molecule has 0 amide bonds. The largest absolute Gasteiger partial charge is 0.481 e. The molecule has 1 heterocycles. The van der Waals surface area contributed by atoms with Crippen molar-refractivity contribution in [1.82, 2.24) is 4.90 Å². The molecule has 2 aromatic carbocycles. The summed E-state index contributed by atoms with van der Waals surface area (Å²) >= 11 is 15.4. The number of aryl methyl sites for hydroxylation is 1. The average Bonchev–Trinajstić information content (AvgIpc) is 3.18. The Bertz CT molecular complexity index is 1450. The summed E-state index contributed by atoms with van der Waals surface area (Å²) in [4.78, 5) is 14.2. The number of hydrogen-bond acceptors (Lipinski definition) is 6. The van der Waals surface area contributed by atoms with E-state index in [-0.39, 0.29) is 18.6 Å². The molecule has 204 valence electrons. The molecular formula is C26H29Cl2N2O5S3+. The molecule has 38 heavy (non-hydrogen) atoms. The number of hydrogen-bond donors (Lipinski definition) is 2. The van der Waals surface area contributed by atoms with Crippen molar-refractivity contribution >= 4 is 78.7 Å². The van der Waals surface area contributed by atoms with Gasteiger partial charge in [-0.2, -0.15) is 13.0 Å². The zero-order valence-electron chi connectivity index (χ0n) is 20.9. The van der Waals surface area contributed by atoms with Crippen LogP contribution in [0, 0.1) is 0 Å². The second-order valence-corrected chi connectivity index (χ2v) is 13.1. The van der Waals surface area contributed by atoms with Crippen LogP contribution in [-0.4, -0.2) is 48.3 Å². The van der Waals surface area contributed by atoms with Crippen molar-refractivity contribution in [3.63, 3.8) is 0 Å². The van der Waals surface area contributed by atoms with Gasteiger partial charge in [0.05, 0.1) is 10.8 Å². The first kappa shape index (κ1) is 30.5. The number of carboxylic acids is 1. The maximum absolute atomic E-state index is 11.3. The molecule has 0 fully saturated rings. The fourth-order valence-electron chi connectivity index (χ4n) is 3.62. The lowest BCUT2D eigenvalue weighted by Gasteiger charge is -2.22. The minimum atomic E-state index is -4.04. The van der Waals surface area contributed by atoms with Crippen LogP contribution in [0.5, 0.6) is 0 Å². The van der Waals surface area contributed by atoms with Crippen molar-refractivity contribution in [3.8, 4) is 0 Å². The van der Waals surface area contributed by atoms with E-state index in [0.717, 1.165) is 30.7 Å². The molecule has 0 aliphatic carbocycles. The van der Waals surface area contributed by atoms with Crippen LogP contribution in [0.2, 0.25) is 10.0 Å². The van der Waals surface area contributed by atoms with Gasteiger partial charge < -0.3 is 10.0 Å². The van der Waals surface area contributed by atoms with Gasteiger partial charge in [0, 0.05) is 40.7 Å². The lowest BCUT2D eigenvalue weighted by atomic mass is 10.2. The van der Waals surface area contributed by atoms with E-state index in [9.17, 15) is 18.3 Å². The quantitative estimate of drug-likeness (QED) is 0.0966. The van der Waals surface area contributed by atoms with Crippen LogP contribution < -0.4 is 4.57 Å². The molecule has 12 heteroatoms. The van der Waals surface area contributed by atoms with Gasteiger partial charge in [-0.1, -0.05) is 53.2 Å². The van der Waals surface area contributed by atoms with Gasteiger partial charge in [-0.05, 0) is 60.9 Å². The lowest BCUT2D eigenvalue weighted by molar-refractivity contribution is -0.667. The first-order valence-corrected chi connectivity index (χ1v) is 15.8. The molecule has 3 rings (SSSR count). The van der Waals surface area contributed by atoms with Crippen molar-refractivity contribution in [2.24, 2.45) is 0 Å². The third-order valence-corrected chi connectivity index (χ3v) is 9.13. The molecule has 0 aliphatic rings. The number of thiazole rings is 1. The highest BCUT2D eigenvalue weighted by molar-refractivity contribution is 8.03. The summed E-state index contributed by atoms with van der Waals surface area (Å²) in [5.74, 6) is -1.20. The van der Waals surface area contributed by atoms with E-state index >= 15 is 0 Å². The maximum atomic E-state index is 11.3. The van der Waals surface area contributed by atoms with Gasteiger partial charge in [0.2, 0.25) is 5.52 Å². The third kappa shape index (κ3) is 9.29. The Labute approximate surface area is 241 Å². The predicted molar refractivity (Wildman–Crippen MR) is 157 cm³/mol. The lowest BCUT2D eigenvalue weighted by Crippen LogP contribution is -2.36. The van der Waals surface area contributed by atoms with Crippen LogP contribution >= 0.6 is 46.3 Å². The molecule has 3 aromatic rings. The van der Waals surface area contributed by atoms with Crippen LogP contribution in [0.1, 0.15) is 31.2 Å². The zero-order valence-corrected chi connectivity index (χ0v) is 24.9. The molecule has 0 spiro atoms. The number of halogens is 2. The number of carbonyl (C=O) groups is 1. The number of nitrogens with zero attached hydrogens (tertiary/aromatic N) is 2. The van der Waals surface area contributed by atoms with Crippen molar-refractivity contribution in [2.45, 2.75) is 37.6 Å². The van der Waals surface area contributed by atoms with Crippen molar-refractivity contribution < 1.29 is 27.4 Å². The zero-order chi connectivity index (χ0) is 27.9. The summed E-state index contributed by atoms with van der Waals surface area (Å²) < 4.78 is 34.5. The second-order valence-electron chi connectivity index (χ2n) is 8.52. The Morgan fingerprint density at radius 3 is 2.47 bits per heavy atom. The smallest absolute Gasteiger partial charge is 0.309 e. The summed E-state index contributed by atoms with van der Waals surface area (Å²) in [6.07, 6.45) is 5.05. The van der Waals surface area contributed by atoms with Gasteiger partial charge >= 0.3 is 5.97 Å². The standard InChI is InChI=1S/C26H28Cl2N2O5S3/c1-3-18(16-25-30(13-11-26(31)32)22-17-20(28)7-10-23(22)37-25)15-24(29(2)12-4-14-38(33,34)35)36-21-8-5-19(27)6-9-21/h5-10,15-17H,3-4,11-14H2,1-2H3,(H-,31,32,33,34,35)/p+1. The number of rotatable bonds is 13. The molecule has 7 nitrogen and oxygen atoms in total. The summed E-state index contributed by atoms with van der Waals surface area (Å²) in [6.45, 7) is 2.77. The van der Waals surface area contributed by atoms with Gasteiger partial charge in [-0.3, -0.25) is 9.35 Å². The van der Waals surface area contributed by atoms with Crippen LogP contribution in [0.15, 0.2) is 64.0 Å². The number of carboxylic acid groups (broad SMARTS) is 1. The van der Waals surface area contributed by atoms with Crippen molar-refractivity contribution in [2.75, 3.05) is 19.3 Å². The van der Waals surface area contributed by atoms with E-state index in [4.69, 9.17) is 27.8 Å². The molecule has 0 unspecified atom stereocenters. The van der Waals surface area contributed by atoms with E-state index in [1.165, 1.54) is 11.8 Å². The number of benzene rings is 2. The number of aromatic nitrogens is 1. The van der Waals surface area contributed by atoms with Crippen LogP contribution in [0.4, 0.5) is 0 Å². The predicted octanol–water partition coefficient (Wildman–Crippen LogP) is 6.61. The molecule has 0 saturated carbocycles. The van der Waals surface area contributed by atoms with E-state index in [2.05, 4.69) is 6.08 Å². The van der Waals surface area contributed by atoms with Crippen LogP contribution in [-0.2, 0) is 21.5 Å². The molecule has 0 aliphatic heterocycles. The first-order valence-electron chi connectivity index (χ1n) is 11.8. The fraction of sp³-hybridized carbons (Fsp3) is 0.308. The Kier molecular flexibility index (Phi) is 11.1. The van der Waals surface area contributed by atoms with E-state index < -0.39 is 16.1 Å². The Morgan fingerprint density at radius 2 is 1.84 bits per heavy atom. The monoisotopic (exact) mass is 615 g/mol. The highest BCUT2D eigenvalue weighted by Gasteiger charge is 2.21. The van der Waals surface area contributed by atoms with Crippen LogP contribution in [0.3, 0.4) is 0 Å². The molecule has 0 atom stereocenters. The molecule has 0 saturated heterocycles. The molecule has 1 aromatic heterocycles. The maximum Gasteiger partial charge on any atom is 0.309 e. The summed E-state index contributed by atoms with van der Waals surface area (Å²) in [5, 5.41) is 12.3. The minimum Gasteiger partial charge on any atom is -0.481 e. The van der Waals surface area contributed by atoms with Gasteiger partial charge in [-0.25, -0.2) is 0 Å². The van der Waals surface area contributed by atoms with Gasteiger partial charge in [0.25, 0.3) is 15.1 Å². The van der Waals surface area contributed by atoms with Gasteiger partial charge in [-0.15, -0.1) is 0 Å². The summed E-state index contributed by atoms with van der Waals surface area (Å²) in [7, 11) is -2.17. The SMILES string of the molecule is CCC(/C=C(\Sc1ccc(Cl)cc1)N(C)CCCS(=O)(=O)O)=C\c1sc2ccc(Cl)cc2[n+]1CCC(=O)O. The van der Waals surface area contributed by atoms with Crippen molar-refractivity contribution in [3.05, 3.63) is 74.2 Å². The highest BCUT2D eigenvalue weighted by atomic mass is 35.5. The number of thioether (sulfide) groups is 1. The molecule has 2 N–H and O–H groups in total. The Hall–Kier alpha value is -2.08. The topological polar surface area (TPSA) is 98.8 Å². The summed E-state index contributed by atoms with van der Waals surface area (Å²) in [5.41, 5.74) is 1.89. The highest BCUT2D eigenvalue weighted by Crippen LogP contribution is 2.32. The Morgan fingerprint density at radius 1 is 1.16 bits per heavy atom. The minimum absolute atomic E-state index is 0.0185. The van der Waals surface area contributed by atoms with Crippen molar-refractivity contribution in [1.29, 1.82) is 0 Å². The number of fused-ring (bicyclic) bond motifs is 1. The Balaban J connectivity index is 2.01. The first-order chi connectivity index (χ1) is 17.9. The number of allylic oxidation sites excluding steroid dienone is 2. The normalized spacial score (nSPS) is 12.8. The van der Waals surface area contributed by atoms with E-state index in [0.29, 0.717) is 29.6 Å². The second kappa shape index (κ2) is 13.8. The summed E-state index contributed by atoms with van der Waals surface area (Å²) in [6, 6.07) is 13.0.